The van der Waals surface area contributed by atoms with Gasteiger partial charge in [0.1, 0.15) is 0 Å². The lowest BCUT2D eigenvalue weighted by atomic mass is 10.1. The summed E-state index contributed by atoms with van der Waals surface area (Å²) >= 11 is 0. The largest absolute Gasteiger partial charge is 0.383 e. The molecule has 0 bridgehead atoms. The summed E-state index contributed by atoms with van der Waals surface area (Å²) in [5.74, 6) is -0.163. The van der Waals surface area contributed by atoms with Crippen LogP contribution in [0.5, 0.6) is 0 Å². The van der Waals surface area contributed by atoms with E-state index >= 15 is 0 Å². The highest BCUT2D eigenvalue weighted by Crippen LogP contribution is 2.14. The van der Waals surface area contributed by atoms with E-state index in [-0.39, 0.29) is 18.0 Å². The molecule has 26 heavy (non-hydrogen) atoms. The molecular weight excluding hydrogens is 330 g/mol. The van der Waals surface area contributed by atoms with Gasteiger partial charge < -0.3 is 10.1 Å². The standard InChI is InChI=1S/C20H21N3O3/c1-14-7-3-4-8-15(14)19(24)21-13-18-16-9-5-6-10-17(16)20(25)23(22-18)11-12-26-2/h3-10H,11-13H2,1-2H3,(H,21,24). The van der Waals surface area contributed by atoms with E-state index in [0.717, 1.165) is 10.9 Å². The van der Waals surface area contributed by atoms with Crippen LogP contribution in [0.25, 0.3) is 10.8 Å². The predicted octanol–water partition coefficient (Wildman–Crippen LogP) is 2.28. The van der Waals surface area contributed by atoms with Gasteiger partial charge in [-0.25, -0.2) is 4.68 Å². The van der Waals surface area contributed by atoms with Crippen LogP contribution in [-0.4, -0.2) is 29.4 Å². The molecule has 0 saturated heterocycles. The summed E-state index contributed by atoms with van der Waals surface area (Å²) in [4.78, 5) is 25.0. The highest BCUT2D eigenvalue weighted by atomic mass is 16.5. The average Bonchev–Trinajstić information content (AvgIpc) is 2.67. The van der Waals surface area contributed by atoms with Crippen molar-refractivity contribution in [2.45, 2.75) is 20.0 Å². The van der Waals surface area contributed by atoms with Crippen LogP contribution < -0.4 is 10.9 Å². The van der Waals surface area contributed by atoms with Gasteiger partial charge in [0.15, 0.2) is 0 Å². The molecule has 0 saturated carbocycles. The van der Waals surface area contributed by atoms with Crippen molar-refractivity contribution in [3.8, 4) is 0 Å². The summed E-state index contributed by atoms with van der Waals surface area (Å²) < 4.78 is 6.44. The van der Waals surface area contributed by atoms with Crippen molar-refractivity contribution in [3.63, 3.8) is 0 Å². The van der Waals surface area contributed by atoms with Crippen LogP contribution in [0.3, 0.4) is 0 Å². The number of hydrogen-bond acceptors (Lipinski definition) is 4. The topological polar surface area (TPSA) is 73.2 Å². The third kappa shape index (κ3) is 3.65. The number of nitrogens with one attached hydrogen (secondary N) is 1. The molecule has 2 aromatic carbocycles. The second-order valence-corrected chi connectivity index (χ2v) is 6.01. The molecule has 3 rings (SSSR count). The van der Waals surface area contributed by atoms with Crippen LogP contribution >= 0.6 is 0 Å². The molecular formula is C20H21N3O3. The smallest absolute Gasteiger partial charge is 0.274 e. The van der Waals surface area contributed by atoms with Crippen molar-refractivity contribution in [1.82, 2.24) is 15.1 Å². The first-order valence-corrected chi connectivity index (χ1v) is 8.43. The number of carbonyl (C=O) groups is 1. The molecule has 0 aliphatic heterocycles. The first-order chi connectivity index (χ1) is 12.6. The van der Waals surface area contributed by atoms with E-state index in [2.05, 4.69) is 10.4 Å². The van der Waals surface area contributed by atoms with E-state index in [1.807, 2.05) is 43.3 Å². The maximum Gasteiger partial charge on any atom is 0.274 e. The Bertz CT molecular complexity index is 995. The van der Waals surface area contributed by atoms with Crippen molar-refractivity contribution in [3.05, 3.63) is 75.7 Å². The zero-order chi connectivity index (χ0) is 18.5. The molecule has 0 fully saturated rings. The Kier molecular flexibility index (Phi) is 5.43. The van der Waals surface area contributed by atoms with Crippen LogP contribution in [0.2, 0.25) is 0 Å². The normalized spacial score (nSPS) is 10.8. The van der Waals surface area contributed by atoms with E-state index in [1.165, 1.54) is 4.68 Å². The minimum absolute atomic E-state index is 0.161. The predicted molar refractivity (Wildman–Crippen MR) is 100 cm³/mol. The quantitative estimate of drug-likeness (QED) is 0.739. The first-order valence-electron chi connectivity index (χ1n) is 8.43. The van der Waals surface area contributed by atoms with Gasteiger partial charge in [0.2, 0.25) is 0 Å². The summed E-state index contributed by atoms with van der Waals surface area (Å²) in [5, 5.41) is 8.67. The Morgan fingerprint density at radius 2 is 1.81 bits per heavy atom. The fourth-order valence-electron chi connectivity index (χ4n) is 2.85. The Balaban J connectivity index is 1.91. The van der Waals surface area contributed by atoms with Crippen LogP contribution in [0.4, 0.5) is 0 Å². The molecule has 6 heteroatoms. The van der Waals surface area contributed by atoms with Crippen LogP contribution in [-0.2, 0) is 17.8 Å². The van der Waals surface area contributed by atoms with Gasteiger partial charge in [0.25, 0.3) is 11.5 Å². The maximum absolute atomic E-state index is 12.5. The number of amides is 1. The molecule has 6 nitrogen and oxygen atoms in total. The zero-order valence-corrected chi connectivity index (χ0v) is 14.9. The number of hydrogen-bond donors (Lipinski definition) is 1. The maximum atomic E-state index is 12.5. The highest BCUT2D eigenvalue weighted by Gasteiger charge is 2.13. The SMILES string of the molecule is COCCn1nc(CNC(=O)c2ccccc2C)c2ccccc2c1=O. The molecule has 1 amide bonds. The molecule has 0 radical (unpaired) electrons. The third-order valence-electron chi connectivity index (χ3n) is 4.26. The molecule has 1 aromatic heterocycles. The van der Waals surface area contributed by atoms with E-state index in [4.69, 9.17) is 4.74 Å². The Hall–Kier alpha value is -2.99. The van der Waals surface area contributed by atoms with Gasteiger partial charge in [0.05, 0.1) is 30.8 Å². The zero-order valence-electron chi connectivity index (χ0n) is 14.9. The van der Waals surface area contributed by atoms with Crippen molar-refractivity contribution in [1.29, 1.82) is 0 Å². The fourth-order valence-corrected chi connectivity index (χ4v) is 2.85. The summed E-state index contributed by atoms with van der Waals surface area (Å²) in [6.07, 6.45) is 0. The van der Waals surface area contributed by atoms with Crippen LogP contribution in [0.1, 0.15) is 21.6 Å². The summed E-state index contributed by atoms with van der Waals surface area (Å²) in [7, 11) is 1.58. The minimum atomic E-state index is -0.163. The van der Waals surface area contributed by atoms with Gasteiger partial charge in [-0.05, 0) is 24.6 Å². The summed E-state index contributed by atoms with van der Waals surface area (Å²) in [6.45, 7) is 2.88. The van der Waals surface area contributed by atoms with Gasteiger partial charge in [0, 0.05) is 18.1 Å². The van der Waals surface area contributed by atoms with Crippen LogP contribution in [0.15, 0.2) is 53.3 Å². The number of methoxy groups -OCH3 is 1. The molecule has 0 aliphatic carbocycles. The molecule has 1 N–H and O–H groups in total. The molecule has 0 unspecified atom stereocenters. The molecule has 134 valence electrons. The number of ether oxygens (including phenoxy) is 1. The van der Waals surface area contributed by atoms with Gasteiger partial charge in [-0.3, -0.25) is 9.59 Å². The van der Waals surface area contributed by atoms with Gasteiger partial charge in [-0.2, -0.15) is 5.10 Å². The lowest BCUT2D eigenvalue weighted by molar-refractivity contribution is 0.0949. The van der Waals surface area contributed by atoms with E-state index in [9.17, 15) is 9.59 Å². The van der Waals surface area contributed by atoms with Crippen molar-refractivity contribution >= 4 is 16.7 Å². The molecule has 1 heterocycles. The molecule has 3 aromatic rings. The minimum Gasteiger partial charge on any atom is -0.383 e. The monoisotopic (exact) mass is 351 g/mol. The number of benzene rings is 2. The number of nitrogens with zero attached hydrogens (tertiary/aromatic N) is 2. The first kappa shape index (κ1) is 17.8. The summed E-state index contributed by atoms with van der Waals surface area (Å²) in [6, 6.07) is 14.7. The lowest BCUT2D eigenvalue weighted by Crippen LogP contribution is -2.29. The lowest BCUT2D eigenvalue weighted by Gasteiger charge is -2.12. The number of carbonyl (C=O) groups excluding carboxylic acids is 1. The number of aryl methyl sites for hydroxylation is 1. The van der Waals surface area contributed by atoms with Crippen molar-refractivity contribution in [2.24, 2.45) is 0 Å². The summed E-state index contributed by atoms with van der Waals surface area (Å²) in [5.41, 5.74) is 2.03. The number of fused-ring (bicyclic) bond motifs is 1. The third-order valence-corrected chi connectivity index (χ3v) is 4.26. The Morgan fingerprint density at radius 1 is 1.12 bits per heavy atom. The Labute approximate surface area is 151 Å². The Morgan fingerprint density at radius 3 is 2.54 bits per heavy atom. The van der Waals surface area contributed by atoms with Crippen LogP contribution in [0, 0.1) is 6.92 Å². The van der Waals surface area contributed by atoms with Gasteiger partial charge in [-0.1, -0.05) is 36.4 Å². The van der Waals surface area contributed by atoms with E-state index in [0.29, 0.717) is 29.8 Å². The number of rotatable bonds is 6. The van der Waals surface area contributed by atoms with Crippen molar-refractivity contribution < 1.29 is 9.53 Å². The van der Waals surface area contributed by atoms with Crippen molar-refractivity contribution in [2.75, 3.05) is 13.7 Å². The fraction of sp³-hybridized carbons (Fsp3) is 0.250. The molecule has 0 aliphatic rings. The van der Waals surface area contributed by atoms with E-state index < -0.39 is 0 Å². The molecule has 0 spiro atoms. The number of aromatic nitrogens is 2. The van der Waals surface area contributed by atoms with E-state index in [1.54, 1.807) is 19.2 Å². The second kappa shape index (κ2) is 7.93. The molecule has 0 atom stereocenters. The van der Waals surface area contributed by atoms with Gasteiger partial charge in [-0.15, -0.1) is 0 Å². The average molecular weight is 351 g/mol. The highest BCUT2D eigenvalue weighted by molar-refractivity contribution is 5.95. The van der Waals surface area contributed by atoms with Gasteiger partial charge >= 0.3 is 0 Å². The second-order valence-electron chi connectivity index (χ2n) is 6.01.